The van der Waals surface area contributed by atoms with Crippen LogP contribution in [0.4, 0.5) is 10.1 Å². The van der Waals surface area contributed by atoms with E-state index >= 15 is 0 Å². The number of aryl methyl sites for hydroxylation is 1. The number of rotatable bonds is 6. The monoisotopic (exact) mass is 311 g/mol. The van der Waals surface area contributed by atoms with Gasteiger partial charge in [0, 0.05) is 6.07 Å². The van der Waals surface area contributed by atoms with Crippen LogP contribution in [0.1, 0.15) is 38.7 Å². The molecule has 1 aromatic rings. The lowest BCUT2D eigenvalue weighted by Gasteiger charge is -2.35. The third-order valence-electron chi connectivity index (χ3n) is 4.67. The summed E-state index contributed by atoms with van der Waals surface area (Å²) in [6, 6.07) is 3.08. The van der Waals surface area contributed by atoms with Gasteiger partial charge in [0.1, 0.15) is 11.6 Å². The maximum absolute atomic E-state index is 14.2. The Morgan fingerprint density at radius 2 is 2.00 bits per heavy atom. The molecule has 0 unspecified atom stereocenters. The molecule has 0 bridgehead atoms. The molecule has 1 saturated carbocycles. The van der Waals surface area contributed by atoms with Gasteiger partial charge in [0.2, 0.25) is 0 Å². The topological polar surface area (TPSA) is 55.5 Å². The van der Waals surface area contributed by atoms with Gasteiger partial charge in [-0.2, -0.15) is 0 Å². The molecular weight excluding hydrogens is 285 g/mol. The van der Waals surface area contributed by atoms with E-state index in [9.17, 15) is 9.19 Å². The Bertz CT molecular complexity index is 522. The number of benzene rings is 1. The van der Waals surface area contributed by atoms with Gasteiger partial charge < -0.3 is 15.3 Å². The van der Waals surface area contributed by atoms with Gasteiger partial charge in [-0.05, 0) is 55.4 Å². The van der Waals surface area contributed by atoms with Crippen molar-refractivity contribution >= 4 is 14.0 Å². The number of nitrogen functional groups attached to an aromatic ring is 1. The lowest BCUT2D eigenvalue weighted by molar-refractivity contribution is 0.303. The smallest absolute Gasteiger partial charge is 0.188 e. The molecule has 3 nitrogen and oxygen atoms in total. The van der Waals surface area contributed by atoms with E-state index in [4.69, 9.17) is 10.5 Å². The molecule has 118 valence electrons. The maximum Gasteiger partial charge on any atom is 0.188 e. The third kappa shape index (κ3) is 3.98. The Hall–Kier alpha value is -1.07. The van der Waals surface area contributed by atoms with Gasteiger partial charge in [0.25, 0.3) is 0 Å². The molecular formula is C16H26FNO2Si. The first-order valence-electron chi connectivity index (χ1n) is 7.57. The molecule has 21 heavy (non-hydrogen) atoms. The van der Waals surface area contributed by atoms with Crippen molar-refractivity contribution in [3.63, 3.8) is 0 Å². The Labute approximate surface area is 127 Å². The van der Waals surface area contributed by atoms with E-state index in [2.05, 4.69) is 0 Å². The second-order valence-corrected chi connectivity index (χ2v) is 11.7. The summed E-state index contributed by atoms with van der Waals surface area (Å²) in [6.07, 6.45) is 3.56. The fourth-order valence-corrected chi connectivity index (χ4v) is 2.77. The SMILES string of the molecule is CC(C)(CCc1cc(N)c(OC2CC2)cc1F)[Si](C)(C)O. The molecule has 2 rings (SSSR count). The maximum atomic E-state index is 14.2. The van der Waals surface area contributed by atoms with E-state index in [1.165, 1.54) is 6.07 Å². The van der Waals surface area contributed by atoms with Gasteiger partial charge in [0.05, 0.1) is 11.8 Å². The van der Waals surface area contributed by atoms with Crippen LogP contribution >= 0.6 is 0 Å². The van der Waals surface area contributed by atoms with Crippen LogP contribution in [0.5, 0.6) is 5.75 Å². The molecule has 0 atom stereocenters. The van der Waals surface area contributed by atoms with Crippen molar-refractivity contribution in [3.8, 4) is 5.75 Å². The van der Waals surface area contributed by atoms with E-state index < -0.39 is 8.32 Å². The number of halogens is 1. The summed E-state index contributed by atoms with van der Waals surface area (Å²) in [4.78, 5) is 10.3. The number of nitrogens with two attached hydrogens (primary N) is 1. The van der Waals surface area contributed by atoms with Crippen LogP contribution in [0.3, 0.4) is 0 Å². The molecule has 3 N–H and O–H groups in total. The fourth-order valence-electron chi connectivity index (χ4n) is 2.03. The van der Waals surface area contributed by atoms with Crippen molar-refractivity contribution in [2.75, 3.05) is 5.73 Å². The molecule has 1 aliphatic carbocycles. The standard InChI is InChI=1S/C16H26FNO2Si/c1-16(2,21(3,4)19)8-7-11-9-14(18)15(10-13(11)17)20-12-5-6-12/h9-10,12,19H,5-8,18H2,1-4H3. The Balaban J connectivity index is 2.08. The zero-order valence-corrected chi connectivity index (χ0v) is 14.4. The van der Waals surface area contributed by atoms with Crippen LogP contribution in [-0.4, -0.2) is 19.2 Å². The molecule has 0 amide bonds. The summed E-state index contributed by atoms with van der Waals surface area (Å²) in [7, 11) is -2.27. The third-order valence-corrected chi connectivity index (χ3v) is 8.23. The average molecular weight is 311 g/mol. The quantitative estimate of drug-likeness (QED) is 0.619. The summed E-state index contributed by atoms with van der Waals surface area (Å²) in [5, 5.41) is -0.169. The molecule has 1 aliphatic rings. The molecule has 0 spiro atoms. The summed E-state index contributed by atoms with van der Waals surface area (Å²) in [5.41, 5.74) is 7.05. The number of anilines is 1. The summed E-state index contributed by atoms with van der Waals surface area (Å²) in [6.45, 7) is 7.94. The molecule has 0 heterocycles. The number of hydrogen-bond donors (Lipinski definition) is 2. The molecule has 0 aliphatic heterocycles. The molecule has 1 aromatic carbocycles. The van der Waals surface area contributed by atoms with Gasteiger partial charge in [-0.15, -0.1) is 0 Å². The van der Waals surface area contributed by atoms with Crippen molar-refractivity contribution in [2.24, 2.45) is 0 Å². The van der Waals surface area contributed by atoms with Gasteiger partial charge in [0.15, 0.2) is 8.32 Å². The molecule has 0 aromatic heterocycles. The normalized spacial score (nSPS) is 16.1. The van der Waals surface area contributed by atoms with Crippen LogP contribution < -0.4 is 10.5 Å². The highest BCUT2D eigenvalue weighted by Crippen LogP contribution is 2.40. The van der Waals surface area contributed by atoms with E-state index in [0.29, 0.717) is 23.4 Å². The highest BCUT2D eigenvalue weighted by molar-refractivity contribution is 6.72. The van der Waals surface area contributed by atoms with Crippen molar-refractivity contribution in [1.82, 2.24) is 0 Å². The van der Waals surface area contributed by atoms with Gasteiger partial charge in [-0.3, -0.25) is 0 Å². The Kier molecular flexibility index (Phi) is 4.35. The van der Waals surface area contributed by atoms with E-state index in [-0.39, 0.29) is 17.0 Å². The summed E-state index contributed by atoms with van der Waals surface area (Å²) >= 11 is 0. The van der Waals surface area contributed by atoms with E-state index in [0.717, 1.165) is 19.3 Å². The van der Waals surface area contributed by atoms with Crippen LogP contribution in [0.25, 0.3) is 0 Å². The minimum Gasteiger partial charge on any atom is -0.488 e. The summed E-state index contributed by atoms with van der Waals surface area (Å²) in [5.74, 6) is 0.183. The average Bonchev–Trinajstić information content (AvgIpc) is 3.14. The number of hydrogen-bond acceptors (Lipinski definition) is 3. The minimum absolute atomic E-state index is 0.169. The van der Waals surface area contributed by atoms with Crippen molar-refractivity contribution in [2.45, 2.75) is 63.8 Å². The zero-order valence-electron chi connectivity index (χ0n) is 13.4. The molecule has 1 fully saturated rings. The van der Waals surface area contributed by atoms with E-state index in [1.807, 2.05) is 26.9 Å². The van der Waals surface area contributed by atoms with Crippen LogP contribution in [-0.2, 0) is 6.42 Å². The van der Waals surface area contributed by atoms with Gasteiger partial charge >= 0.3 is 0 Å². The van der Waals surface area contributed by atoms with Crippen LogP contribution in [0, 0.1) is 5.82 Å². The first-order chi connectivity index (χ1) is 9.60. The lowest BCUT2D eigenvalue weighted by atomic mass is 10.0. The Morgan fingerprint density at radius 3 is 2.52 bits per heavy atom. The first kappa shape index (κ1) is 16.3. The van der Waals surface area contributed by atoms with Crippen molar-refractivity contribution in [3.05, 3.63) is 23.5 Å². The van der Waals surface area contributed by atoms with Gasteiger partial charge in [-0.25, -0.2) is 4.39 Å². The van der Waals surface area contributed by atoms with Gasteiger partial charge in [-0.1, -0.05) is 13.8 Å². The lowest BCUT2D eigenvalue weighted by Crippen LogP contribution is -2.39. The fraction of sp³-hybridized carbons (Fsp3) is 0.625. The highest BCUT2D eigenvalue weighted by Gasteiger charge is 2.37. The highest BCUT2D eigenvalue weighted by atomic mass is 28.4. The minimum atomic E-state index is -2.27. The predicted octanol–water partition coefficient (Wildman–Crippen LogP) is 3.86. The van der Waals surface area contributed by atoms with Crippen molar-refractivity contribution < 1.29 is 13.9 Å². The summed E-state index contributed by atoms with van der Waals surface area (Å²) < 4.78 is 19.8. The molecule has 5 heteroatoms. The molecule has 0 radical (unpaired) electrons. The second kappa shape index (κ2) is 5.61. The second-order valence-electron chi connectivity index (χ2n) is 7.24. The van der Waals surface area contributed by atoms with E-state index in [1.54, 1.807) is 6.07 Å². The van der Waals surface area contributed by atoms with Crippen LogP contribution in [0.15, 0.2) is 12.1 Å². The first-order valence-corrected chi connectivity index (χ1v) is 10.5. The predicted molar refractivity (Wildman–Crippen MR) is 86.5 cm³/mol. The number of ether oxygens (including phenoxy) is 1. The zero-order chi connectivity index (χ0) is 15.8. The molecule has 0 saturated heterocycles. The Morgan fingerprint density at radius 1 is 1.38 bits per heavy atom. The largest absolute Gasteiger partial charge is 0.488 e. The van der Waals surface area contributed by atoms with Crippen LogP contribution in [0.2, 0.25) is 18.1 Å². The van der Waals surface area contributed by atoms with Crippen molar-refractivity contribution in [1.29, 1.82) is 0 Å².